The molecule has 1 unspecified atom stereocenters. The number of hydrogen-bond donors (Lipinski definition) is 0. The first kappa shape index (κ1) is 18.0. The Morgan fingerprint density at radius 3 is 2.42 bits per heavy atom. The lowest BCUT2D eigenvalue weighted by Gasteiger charge is -2.10. The summed E-state index contributed by atoms with van der Waals surface area (Å²) >= 11 is 1.41. The minimum absolute atomic E-state index is 0.338. The minimum atomic E-state index is -0.674. The minimum Gasteiger partial charge on any atom is -0.493 e. The van der Waals surface area contributed by atoms with Crippen LogP contribution in [0.15, 0.2) is 47.5 Å². The van der Waals surface area contributed by atoms with Crippen LogP contribution in [0.4, 0.5) is 0 Å². The van der Waals surface area contributed by atoms with Crippen LogP contribution in [0.5, 0.6) is 17.2 Å². The molecule has 7 heteroatoms. The topological polar surface area (TPSA) is 62.0 Å². The molecule has 0 aliphatic rings. The fourth-order valence-corrected chi connectivity index (χ4v) is 3.53. The van der Waals surface area contributed by atoms with Gasteiger partial charge in [-0.05, 0) is 19.1 Å². The van der Waals surface area contributed by atoms with Crippen molar-refractivity contribution in [2.45, 2.75) is 13.0 Å². The standard InChI is InChI=1S/C19H20N2O4S/c1-12(25-13-8-6-5-7-9-13)18(22)20-19-21(2)14-10-15(23-3)16(24-4)11-17(14)26-19/h5-12H,1-4H3. The van der Waals surface area contributed by atoms with Crippen molar-refractivity contribution in [1.29, 1.82) is 0 Å². The number of hydrogen-bond acceptors (Lipinski definition) is 5. The highest BCUT2D eigenvalue weighted by Gasteiger charge is 2.16. The fourth-order valence-electron chi connectivity index (χ4n) is 2.50. The summed E-state index contributed by atoms with van der Waals surface area (Å²) in [5.41, 5.74) is 0.913. The van der Waals surface area contributed by atoms with Gasteiger partial charge < -0.3 is 18.8 Å². The number of fused-ring (bicyclic) bond motifs is 1. The van der Waals surface area contributed by atoms with Crippen molar-refractivity contribution in [2.75, 3.05) is 14.2 Å². The van der Waals surface area contributed by atoms with Crippen LogP contribution in [0.3, 0.4) is 0 Å². The van der Waals surface area contributed by atoms with Gasteiger partial charge in [-0.1, -0.05) is 29.5 Å². The average molecular weight is 372 g/mol. The maximum atomic E-state index is 12.4. The van der Waals surface area contributed by atoms with E-state index in [0.717, 1.165) is 10.2 Å². The van der Waals surface area contributed by atoms with Gasteiger partial charge in [0.1, 0.15) is 5.75 Å². The second-order valence-corrected chi connectivity index (χ2v) is 6.65. The van der Waals surface area contributed by atoms with Crippen molar-refractivity contribution < 1.29 is 19.0 Å². The van der Waals surface area contributed by atoms with Crippen molar-refractivity contribution in [3.05, 3.63) is 47.3 Å². The molecule has 2 aromatic carbocycles. The van der Waals surface area contributed by atoms with Crippen molar-refractivity contribution in [1.82, 2.24) is 4.57 Å². The van der Waals surface area contributed by atoms with Crippen molar-refractivity contribution in [3.63, 3.8) is 0 Å². The first-order valence-electron chi connectivity index (χ1n) is 8.05. The largest absolute Gasteiger partial charge is 0.493 e. The smallest absolute Gasteiger partial charge is 0.289 e. The molecule has 6 nitrogen and oxygen atoms in total. The lowest BCUT2D eigenvalue weighted by Crippen LogP contribution is -2.25. The predicted molar refractivity (Wildman–Crippen MR) is 101 cm³/mol. The lowest BCUT2D eigenvalue weighted by molar-refractivity contribution is -0.124. The van der Waals surface area contributed by atoms with E-state index < -0.39 is 6.10 Å². The number of amides is 1. The van der Waals surface area contributed by atoms with E-state index in [1.807, 2.05) is 54.1 Å². The Morgan fingerprint density at radius 1 is 1.12 bits per heavy atom. The van der Waals surface area contributed by atoms with Crippen LogP contribution in [0.25, 0.3) is 10.2 Å². The van der Waals surface area contributed by atoms with Crippen LogP contribution in [-0.4, -0.2) is 30.8 Å². The lowest BCUT2D eigenvalue weighted by atomic mass is 10.3. The molecular weight excluding hydrogens is 352 g/mol. The van der Waals surface area contributed by atoms with Crippen LogP contribution in [0.2, 0.25) is 0 Å². The summed E-state index contributed by atoms with van der Waals surface area (Å²) in [5.74, 6) is 1.57. The number of aromatic nitrogens is 1. The molecule has 1 amide bonds. The Hall–Kier alpha value is -2.80. The van der Waals surface area contributed by atoms with Crippen LogP contribution in [0, 0.1) is 0 Å². The Labute approximate surface area is 155 Å². The molecule has 0 spiro atoms. The van der Waals surface area contributed by atoms with E-state index >= 15 is 0 Å². The van der Waals surface area contributed by atoms with Gasteiger partial charge in [-0.2, -0.15) is 4.99 Å². The summed E-state index contributed by atoms with van der Waals surface area (Å²) in [4.78, 5) is 17.3. The quantitative estimate of drug-likeness (QED) is 0.690. The highest BCUT2D eigenvalue weighted by molar-refractivity contribution is 7.16. The number of aryl methyl sites for hydroxylation is 1. The molecule has 136 valence electrons. The molecule has 1 aromatic heterocycles. The van der Waals surface area contributed by atoms with E-state index in [2.05, 4.69) is 4.99 Å². The molecule has 0 saturated heterocycles. The molecule has 0 N–H and O–H groups in total. The Balaban J connectivity index is 1.93. The molecule has 1 atom stereocenters. The summed E-state index contributed by atoms with van der Waals surface area (Å²) in [7, 11) is 5.04. The maximum Gasteiger partial charge on any atom is 0.289 e. The summed E-state index contributed by atoms with van der Waals surface area (Å²) in [6.45, 7) is 1.69. The zero-order valence-electron chi connectivity index (χ0n) is 15.1. The van der Waals surface area contributed by atoms with Crippen LogP contribution in [0.1, 0.15) is 6.92 Å². The number of benzene rings is 2. The Kier molecular flexibility index (Phi) is 5.27. The SMILES string of the molecule is COc1cc2sc(=NC(=O)C(C)Oc3ccccc3)n(C)c2cc1OC. The number of carbonyl (C=O) groups excluding carboxylic acids is 1. The van der Waals surface area contributed by atoms with Crippen molar-refractivity contribution in [3.8, 4) is 17.2 Å². The van der Waals surface area contributed by atoms with E-state index in [-0.39, 0.29) is 5.91 Å². The molecule has 0 saturated carbocycles. The Morgan fingerprint density at radius 2 is 1.77 bits per heavy atom. The Bertz CT molecular complexity index is 992. The molecule has 0 aliphatic carbocycles. The highest BCUT2D eigenvalue weighted by atomic mass is 32.1. The molecule has 0 fully saturated rings. The molecule has 26 heavy (non-hydrogen) atoms. The fraction of sp³-hybridized carbons (Fsp3) is 0.263. The van der Waals surface area contributed by atoms with Crippen LogP contribution in [-0.2, 0) is 11.8 Å². The van der Waals surface area contributed by atoms with Gasteiger partial charge in [0.2, 0.25) is 0 Å². The van der Waals surface area contributed by atoms with E-state index in [1.54, 1.807) is 21.1 Å². The second-order valence-electron chi connectivity index (χ2n) is 5.64. The van der Waals surface area contributed by atoms with Gasteiger partial charge in [-0.15, -0.1) is 0 Å². The van der Waals surface area contributed by atoms with E-state index in [0.29, 0.717) is 22.0 Å². The molecule has 0 radical (unpaired) electrons. The summed E-state index contributed by atoms with van der Waals surface area (Å²) in [6.07, 6.45) is -0.674. The number of ether oxygens (including phenoxy) is 3. The number of thiazole rings is 1. The highest BCUT2D eigenvalue weighted by Crippen LogP contribution is 2.33. The van der Waals surface area contributed by atoms with Gasteiger partial charge in [0.25, 0.3) is 5.91 Å². The number of carbonyl (C=O) groups is 1. The number of rotatable bonds is 5. The third-order valence-corrected chi connectivity index (χ3v) is 5.02. The van der Waals surface area contributed by atoms with Gasteiger partial charge in [0.05, 0.1) is 24.4 Å². The second kappa shape index (κ2) is 7.61. The van der Waals surface area contributed by atoms with Gasteiger partial charge in [0, 0.05) is 19.2 Å². The monoisotopic (exact) mass is 372 g/mol. The molecular formula is C19H20N2O4S. The molecule has 0 bridgehead atoms. The summed E-state index contributed by atoms with van der Waals surface area (Å²) < 4.78 is 19.1. The van der Waals surface area contributed by atoms with Crippen LogP contribution < -0.4 is 19.0 Å². The molecule has 3 aromatic rings. The number of methoxy groups -OCH3 is 2. The number of nitrogens with zero attached hydrogens (tertiary/aromatic N) is 2. The average Bonchev–Trinajstić information content (AvgIpc) is 2.96. The van der Waals surface area contributed by atoms with E-state index in [1.165, 1.54) is 11.3 Å². The van der Waals surface area contributed by atoms with Crippen molar-refractivity contribution in [2.24, 2.45) is 12.0 Å². The van der Waals surface area contributed by atoms with Crippen LogP contribution >= 0.6 is 11.3 Å². The third-order valence-electron chi connectivity index (χ3n) is 3.92. The van der Waals surface area contributed by atoms with Gasteiger partial charge in [-0.25, -0.2) is 0 Å². The molecule has 1 heterocycles. The summed E-state index contributed by atoms with van der Waals surface area (Å²) in [5, 5.41) is 0. The van der Waals surface area contributed by atoms with Gasteiger partial charge in [-0.3, -0.25) is 4.79 Å². The maximum absolute atomic E-state index is 12.4. The zero-order valence-corrected chi connectivity index (χ0v) is 15.9. The van der Waals surface area contributed by atoms with Crippen molar-refractivity contribution >= 4 is 27.5 Å². The number of para-hydroxylation sites is 1. The molecule has 3 rings (SSSR count). The molecule has 0 aliphatic heterocycles. The predicted octanol–water partition coefficient (Wildman–Crippen LogP) is 3.15. The van der Waals surface area contributed by atoms with E-state index in [4.69, 9.17) is 14.2 Å². The van der Waals surface area contributed by atoms with Gasteiger partial charge >= 0.3 is 0 Å². The third kappa shape index (κ3) is 3.57. The van der Waals surface area contributed by atoms with E-state index in [9.17, 15) is 4.79 Å². The normalized spacial score (nSPS) is 12.8. The van der Waals surface area contributed by atoms with Gasteiger partial charge in [0.15, 0.2) is 22.4 Å². The first-order chi connectivity index (χ1) is 12.5. The summed E-state index contributed by atoms with van der Waals surface area (Å²) in [6, 6.07) is 13.0. The first-order valence-corrected chi connectivity index (χ1v) is 8.87. The zero-order chi connectivity index (χ0) is 18.7.